The van der Waals surface area contributed by atoms with E-state index in [0.717, 1.165) is 29.4 Å². The summed E-state index contributed by atoms with van der Waals surface area (Å²) in [5.74, 6) is 0. The largest absolute Gasteiger partial charge is 0.356 e. The molecule has 134 valence electrons. The van der Waals surface area contributed by atoms with Crippen LogP contribution in [-0.4, -0.2) is 33.0 Å². The van der Waals surface area contributed by atoms with Crippen LogP contribution in [0.4, 0.5) is 0 Å². The van der Waals surface area contributed by atoms with Crippen LogP contribution in [0.25, 0.3) is 0 Å². The lowest BCUT2D eigenvalue weighted by Gasteiger charge is -2.21. The van der Waals surface area contributed by atoms with Crippen molar-refractivity contribution in [1.82, 2.24) is 19.9 Å². The van der Waals surface area contributed by atoms with Crippen LogP contribution >= 0.6 is 11.6 Å². The van der Waals surface area contributed by atoms with Gasteiger partial charge < -0.3 is 4.74 Å². The lowest BCUT2D eigenvalue weighted by molar-refractivity contribution is 0.0252. The second-order valence-electron chi connectivity index (χ2n) is 6.65. The van der Waals surface area contributed by atoms with E-state index in [4.69, 9.17) is 16.3 Å². The molecule has 2 heterocycles. The highest BCUT2D eigenvalue weighted by Crippen LogP contribution is 2.27. The fourth-order valence-corrected chi connectivity index (χ4v) is 3.27. The van der Waals surface area contributed by atoms with Gasteiger partial charge in [0.15, 0.2) is 6.23 Å². The predicted octanol–water partition coefficient (Wildman–Crippen LogP) is 3.82. The molecule has 3 aromatic rings. The summed E-state index contributed by atoms with van der Waals surface area (Å²) in [5, 5.41) is 9.33. The van der Waals surface area contributed by atoms with Gasteiger partial charge in [0.1, 0.15) is 5.69 Å². The van der Waals surface area contributed by atoms with Crippen LogP contribution in [0.2, 0.25) is 5.02 Å². The Bertz CT molecular complexity index is 860. The van der Waals surface area contributed by atoms with Crippen LogP contribution in [-0.2, 0) is 17.8 Å². The molecule has 0 saturated carbocycles. The molecule has 4 rings (SSSR count). The Morgan fingerprint density at radius 3 is 2.50 bits per heavy atom. The van der Waals surface area contributed by atoms with Gasteiger partial charge in [0.25, 0.3) is 0 Å². The zero-order valence-corrected chi connectivity index (χ0v) is 15.4. The van der Waals surface area contributed by atoms with Gasteiger partial charge in [-0.2, -0.15) is 0 Å². The maximum Gasteiger partial charge on any atom is 0.157 e. The SMILES string of the molecule is Cc1ccc(CN2CCO[C@H]2c2cn(Cc3ccc(Cl)cc3)nn2)cc1. The van der Waals surface area contributed by atoms with Crippen LogP contribution in [0.3, 0.4) is 0 Å². The Morgan fingerprint density at radius 1 is 1.04 bits per heavy atom. The molecule has 1 aromatic heterocycles. The fraction of sp³-hybridized carbons (Fsp3) is 0.300. The van der Waals surface area contributed by atoms with E-state index in [0.29, 0.717) is 13.2 Å². The molecule has 26 heavy (non-hydrogen) atoms. The van der Waals surface area contributed by atoms with Crippen molar-refractivity contribution in [3.05, 3.63) is 82.1 Å². The van der Waals surface area contributed by atoms with Crippen molar-refractivity contribution in [2.75, 3.05) is 13.2 Å². The van der Waals surface area contributed by atoms with Gasteiger partial charge in [0.2, 0.25) is 0 Å². The molecule has 5 nitrogen and oxygen atoms in total. The molecule has 0 unspecified atom stereocenters. The first-order valence-corrected chi connectivity index (χ1v) is 9.11. The van der Waals surface area contributed by atoms with Crippen LogP contribution in [0, 0.1) is 6.92 Å². The smallest absolute Gasteiger partial charge is 0.157 e. The number of aryl methyl sites for hydroxylation is 1. The Hall–Kier alpha value is -2.21. The summed E-state index contributed by atoms with van der Waals surface area (Å²) in [6.45, 7) is 5.21. The van der Waals surface area contributed by atoms with E-state index in [9.17, 15) is 0 Å². The third-order valence-electron chi connectivity index (χ3n) is 4.56. The van der Waals surface area contributed by atoms with Gasteiger partial charge in [-0.1, -0.05) is 58.8 Å². The first kappa shape index (κ1) is 17.2. The van der Waals surface area contributed by atoms with Gasteiger partial charge in [-0.05, 0) is 30.2 Å². The molecule has 6 heteroatoms. The van der Waals surface area contributed by atoms with Gasteiger partial charge in [0, 0.05) is 18.1 Å². The van der Waals surface area contributed by atoms with E-state index in [1.807, 2.05) is 35.1 Å². The summed E-state index contributed by atoms with van der Waals surface area (Å²) in [7, 11) is 0. The topological polar surface area (TPSA) is 43.2 Å². The second kappa shape index (κ2) is 7.58. The molecule has 1 fully saturated rings. The number of ether oxygens (including phenoxy) is 1. The highest BCUT2D eigenvalue weighted by atomic mass is 35.5. The average Bonchev–Trinajstić information content (AvgIpc) is 3.28. The molecule has 1 atom stereocenters. The number of benzene rings is 2. The van der Waals surface area contributed by atoms with E-state index in [-0.39, 0.29) is 6.23 Å². The monoisotopic (exact) mass is 368 g/mol. The molecule has 2 aromatic carbocycles. The van der Waals surface area contributed by atoms with E-state index >= 15 is 0 Å². The summed E-state index contributed by atoms with van der Waals surface area (Å²) < 4.78 is 7.76. The van der Waals surface area contributed by atoms with Crippen molar-refractivity contribution in [3.8, 4) is 0 Å². The van der Waals surface area contributed by atoms with Gasteiger partial charge in [-0.15, -0.1) is 5.10 Å². The quantitative estimate of drug-likeness (QED) is 0.686. The molecule has 1 saturated heterocycles. The lowest BCUT2D eigenvalue weighted by atomic mass is 10.1. The maximum absolute atomic E-state index is 5.94. The summed E-state index contributed by atoms with van der Waals surface area (Å²) in [6.07, 6.45) is 1.82. The first-order valence-electron chi connectivity index (χ1n) is 8.73. The Morgan fingerprint density at radius 2 is 1.73 bits per heavy atom. The normalized spacial score (nSPS) is 17.7. The molecule has 0 bridgehead atoms. The van der Waals surface area contributed by atoms with E-state index in [1.54, 1.807) is 0 Å². The fourth-order valence-electron chi connectivity index (χ4n) is 3.15. The minimum absolute atomic E-state index is 0.143. The molecule has 0 N–H and O–H groups in total. The molecule has 0 aliphatic carbocycles. The molecular formula is C20H21ClN4O. The molecule has 1 aliphatic rings. The number of hydrogen-bond acceptors (Lipinski definition) is 4. The first-order chi connectivity index (χ1) is 12.7. The van der Waals surface area contributed by atoms with Gasteiger partial charge >= 0.3 is 0 Å². The van der Waals surface area contributed by atoms with E-state index in [1.165, 1.54) is 11.1 Å². The zero-order valence-electron chi connectivity index (χ0n) is 14.7. The van der Waals surface area contributed by atoms with Crippen molar-refractivity contribution in [1.29, 1.82) is 0 Å². The summed E-state index contributed by atoms with van der Waals surface area (Å²) in [4.78, 5) is 2.29. The minimum Gasteiger partial charge on any atom is -0.356 e. The Labute approximate surface area is 158 Å². The Kier molecular flexibility index (Phi) is 5.02. The average molecular weight is 369 g/mol. The third kappa shape index (κ3) is 3.96. The molecule has 0 spiro atoms. The minimum atomic E-state index is -0.143. The summed E-state index contributed by atoms with van der Waals surface area (Å²) >= 11 is 5.94. The number of halogens is 1. The number of hydrogen-bond donors (Lipinski definition) is 0. The summed E-state index contributed by atoms with van der Waals surface area (Å²) in [6, 6.07) is 16.4. The molecule has 0 radical (unpaired) electrons. The Balaban J connectivity index is 1.45. The maximum atomic E-state index is 5.94. The number of aromatic nitrogens is 3. The van der Waals surface area contributed by atoms with Crippen LogP contribution in [0.1, 0.15) is 28.6 Å². The lowest BCUT2D eigenvalue weighted by Crippen LogP contribution is -2.23. The second-order valence-corrected chi connectivity index (χ2v) is 7.08. The summed E-state index contributed by atoms with van der Waals surface area (Å²) in [5.41, 5.74) is 4.53. The number of rotatable bonds is 5. The molecule has 1 aliphatic heterocycles. The number of nitrogens with zero attached hydrogens (tertiary/aromatic N) is 4. The molecule has 0 amide bonds. The van der Waals surface area contributed by atoms with Crippen molar-refractivity contribution in [2.45, 2.75) is 26.2 Å². The van der Waals surface area contributed by atoms with Crippen molar-refractivity contribution in [3.63, 3.8) is 0 Å². The van der Waals surface area contributed by atoms with Crippen molar-refractivity contribution >= 4 is 11.6 Å². The van der Waals surface area contributed by atoms with Crippen molar-refractivity contribution < 1.29 is 4.74 Å². The third-order valence-corrected chi connectivity index (χ3v) is 4.81. The van der Waals surface area contributed by atoms with E-state index < -0.39 is 0 Å². The van der Waals surface area contributed by atoms with Gasteiger partial charge in [-0.25, -0.2) is 4.68 Å². The highest BCUT2D eigenvalue weighted by molar-refractivity contribution is 6.30. The van der Waals surface area contributed by atoms with Gasteiger partial charge in [0.05, 0.1) is 19.3 Å². The van der Waals surface area contributed by atoms with Crippen molar-refractivity contribution in [2.24, 2.45) is 0 Å². The van der Waals surface area contributed by atoms with Crippen LogP contribution in [0.15, 0.2) is 54.7 Å². The zero-order chi connectivity index (χ0) is 17.9. The van der Waals surface area contributed by atoms with E-state index in [2.05, 4.69) is 46.4 Å². The van der Waals surface area contributed by atoms with Crippen LogP contribution in [0.5, 0.6) is 0 Å². The standard InChI is InChI=1S/C20H21ClN4O/c1-15-2-4-16(5-3-15)12-24-10-11-26-20(24)19-14-25(23-22-19)13-17-6-8-18(21)9-7-17/h2-9,14,20H,10-13H2,1H3/t20-/m0/s1. The van der Waals surface area contributed by atoms with Crippen LogP contribution < -0.4 is 0 Å². The molecular weight excluding hydrogens is 348 g/mol. The highest BCUT2D eigenvalue weighted by Gasteiger charge is 2.29. The predicted molar refractivity (Wildman–Crippen MR) is 101 cm³/mol. The van der Waals surface area contributed by atoms with Gasteiger partial charge in [-0.3, -0.25) is 4.90 Å².